The summed E-state index contributed by atoms with van der Waals surface area (Å²) in [7, 11) is -6.00. The molecular weight excluding hydrogens is 161 g/mol. The summed E-state index contributed by atoms with van der Waals surface area (Å²) in [5.74, 6) is 0. The maximum absolute atomic E-state index is 9.75. The third-order valence-corrected chi connectivity index (χ3v) is 1.15. The highest BCUT2D eigenvalue weighted by atomic mass is 19.5. The Bertz CT molecular complexity index is 75.0. The highest BCUT2D eigenvalue weighted by Crippen LogP contribution is 2.06. The first-order chi connectivity index (χ1) is 4.81. The van der Waals surface area contributed by atoms with Gasteiger partial charge in [-0.1, -0.05) is 13.8 Å². The number of hydrogen-bond acceptors (Lipinski definition) is 0. The van der Waals surface area contributed by atoms with Crippen molar-refractivity contribution in [1.29, 1.82) is 0 Å². The van der Waals surface area contributed by atoms with Crippen LogP contribution < -0.4 is 5.73 Å². The smallest absolute Gasteiger partial charge is 0.418 e. The minimum absolute atomic E-state index is 0.685. The van der Waals surface area contributed by atoms with Gasteiger partial charge in [-0.2, -0.15) is 0 Å². The molecule has 0 saturated carbocycles. The molecule has 0 amide bonds. The van der Waals surface area contributed by atoms with Gasteiger partial charge < -0.3 is 23.0 Å². The summed E-state index contributed by atoms with van der Waals surface area (Å²) in [6, 6.07) is 0.685. The quantitative estimate of drug-likeness (QED) is 0.488. The lowest BCUT2D eigenvalue weighted by molar-refractivity contribution is -0.420. The maximum atomic E-state index is 9.75. The minimum Gasteiger partial charge on any atom is -0.418 e. The van der Waals surface area contributed by atoms with E-state index in [2.05, 4.69) is 19.6 Å². The summed E-state index contributed by atoms with van der Waals surface area (Å²) >= 11 is 0. The molecule has 11 heavy (non-hydrogen) atoms. The van der Waals surface area contributed by atoms with Gasteiger partial charge in [0.25, 0.3) is 0 Å². The maximum Gasteiger partial charge on any atom is 0.673 e. The van der Waals surface area contributed by atoms with Crippen molar-refractivity contribution in [1.82, 2.24) is 0 Å². The van der Waals surface area contributed by atoms with Crippen molar-refractivity contribution in [3.05, 3.63) is 0 Å². The van der Waals surface area contributed by atoms with Crippen LogP contribution in [0.3, 0.4) is 0 Å². The van der Waals surface area contributed by atoms with Gasteiger partial charge >= 0.3 is 7.25 Å². The average molecular weight is 175 g/mol. The van der Waals surface area contributed by atoms with E-state index in [0.717, 1.165) is 0 Å². The largest absolute Gasteiger partial charge is 0.673 e. The van der Waals surface area contributed by atoms with Gasteiger partial charge in [-0.15, -0.1) is 0 Å². The molecule has 70 valence electrons. The first-order valence-corrected chi connectivity index (χ1v) is 3.51. The first kappa shape index (κ1) is 13.3. The minimum atomic E-state index is -6.00. The van der Waals surface area contributed by atoms with E-state index < -0.39 is 7.25 Å². The Morgan fingerprint density at radius 1 is 1.09 bits per heavy atom. The van der Waals surface area contributed by atoms with E-state index in [1.165, 1.54) is 12.8 Å². The number of quaternary nitrogens is 1. The fourth-order valence-corrected chi connectivity index (χ4v) is 0.289. The molecule has 0 atom stereocenters. The van der Waals surface area contributed by atoms with Gasteiger partial charge in [0.05, 0.1) is 6.04 Å². The van der Waals surface area contributed by atoms with Gasteiger partial charge in [-0.05, 0) is 12.8 Å². The molecule has 0 bridgehead atoms. The van der Waals surface area contributed by atoms with Crippen LogP contribution in [-0.4, -0.2) is 13.3 Å². The molecule has 0 aromatic rings. The Morgan fingerprint density at radius 2 is 1.27 bits per heavy atom. The van der Waals surface area contributed by atoms with Gasteiger partial charge in [0.2, 0.25) is 0 Å². The van der Waals surface area contributed by atoms with Crippen LogP contribution >= 0.6 is 0 Å². The van der Waals surface area contributed by atoms with Crippen LogP contribution in [0.4, 0.5) is 17.3 Å². The highest BCUT2D eigenvalue weighted by molar-refractivity contribution is 6.50. The van der Waals surface area contributed by atoms with Crippen LogP contribution in [0.5, 0.6) is 0 Å². The lowest BCUT2D eigenvalue weighted by atomic mass is 10.2. The van der Waals surface area contributed by atoms with Crippen LogP contribution in [-0.2, 0) is 0 Å². The first-order valence-electron chi connectivity index (χ1n) is 3.51. The molecule has 0 aliphatic rings. The molecule has 0 aromatic carbocycles. The third-order valence-electron chi connectivity index (χ3n) is 1.15. The molecule has 0 aliphatic carbocycles. The number of halogens is 4. The van der Waals surface area contributed by atoms with E-state index >= 15 is 0 Å². The van der Waals surface area contributed by atoms with Gasteiger partial charge in [-0.3, -0.25) is 0 Å². The zero-order chi connectivity index (χ0) is 9.49. The van der Waals surface area contributed by atoms with Crippen LogP contribution in [0.1, 0.15) is 26.7 Å². The molecule has 0 heterocycles. The molecule has 1 nitrogen and oxygen atoms in total. The van der Waals surface area contributed by atoms with Crippen molar-refractivity contribution < 1.29 is 23.0 Å². The summed E-state index contributed by atoms with van der Waals surface area (Å²) < 4.78 is 39.0. The standard InChI is InChI=1S/C5H13N.BF4/c1-3-5(6)4-2;2-1(3,4)5/h5H,3-4,6H2,1-2H3;/q;-1/p+1. The van der Waals surface area contributed by atoms with E-state index in [9.17, 15) is 17.3 Å². The number of rotatable bonds is 2. The van der Waals surface area contributed by atoms with Crippen LogP contribution in [0.25, 0.3) is 0 Å². The van der Waals surface area contributed by atoms with Gasteiger partial charge in [0, 0.05) is 0 Å². The second-order valence-corrected chi connectivity index (χ2v) is 2.18. The third kappa shape index (κ3) is 41.7. The Hall–Kier alpha value is -0.255. The topological polar surface area (TPSA) is 27.6 Å². The van der Waals surface area contributed by atoms with E-state index in [0.29, 0.717) is 6.04 Å². The van der Waals surface area contributed by atoms with E-state index in [4.69, 9.17) is 0 Å². The lowest BCUT2D eigenvalue weighted by Gasteiger charge is -1.95. The molecule has 0 unspecified atom stereocenters. The zero-order valence-electron chi connectivity index (χ0n) is 6.79. The van der Waals surface area contributed by atoms with Crippen molar-refractivity contribution in [2.24, 2.45) is 0 Å². The summed E-state index contributed by atoms with van der Waals surface area (Å²) in [5.41, 5.74) is 3.88. The van der Waals surface area contributed by atoms with E-state index in [-0.39, 0.29) is 0 Å². The Balaban J connectivity index is 0. The van der Waals surface area contributed by atoms with Crippen LogP contribution in [0.2, 0.25) is 0 Å². The highest BCUT2D eigenvalue weighted by Gasteiger charge is 2.20. The Morgan fingerprint density at radius 3 is 1.27 bits per heavy atom. The Labute approximate surface area is 64.1 Å². The van der Waals surface area contributed by atoms with Crippen LogP contribution in [0, 0.1) is 0 Å². The molecule has 0 rings (SSSR count). The molecule has 0 aliphatic heterocycles. The lowest BCUT2D eigenvalue weighted by Crippen LogP contribution is -2.60. The normalized spacial score (nSPS) is 10.9. The summed E-state index contributed by atoms with van der Waals surface area (Å²) in [5, 5.41) is 0. The van der Waals surface area contributed by atoms with Crippen molar-refractivity contribution in [2.45, 2.75) is 32.7 Å². The van der Waals surface area contributed by atoms with E-state index in [1.807, 2.05) is 0 Å². The fourth-order valence-electron chi connectivity index (χ4n) is 0.289. The molecular formula is C5H14BF4N. The summed E-state index contributed by atoms with van der Waals surface area (Å²) in [6.07, 6.45) is 2.44. The van der Waals surface area contributed by atoms with Crippen molar-refractivity contribution in [2.75, 3.05) is 0 Å². The zero-order valence-corrected chi connectivity index (χ0v) is 6.79. The summed E-state index contributed by atoms with van der Waals surface area (Å²) in [6.45, 7) is 4.34. The molecule has 0 aromatic heterocycles. The molecule has 0 saturated heterocycles. The predicted molar refractivity (Wildman–Crippen MR) is 37.4 cm³/mol. The molecule has 6 heteroatoms. The predicted octanol–water partition coefficient (Wildman–Crippen LogP) is 1.72. The second kappa shape index (κ2) is 6.45. The molecule has 0 spiro atoms. The van der Waals surface area contributed by atoms with E-state index in [1.54, 1.807) is 0 Å². The van der Waals surface area contributed by atoms with Crippen molar-refractivity contribution in [3.8, 4) is 0 Å². The average Bonchev–Trinajstić information content (AvgIpc) is 1.83. The van der Waals surface area contributed by atoms with Crippen molar-refractivity contribution >= 4 is 7.25 Å². The van der Waals surface area contributed by atoms with Gasteiger partial charge in [0.15, 0.2) is 0 Å². The Kier molecular flexibility index (Phi) is 7.83. The molecule has 3 N–H and O–H groups in total. The molecule has 0 fully saturated rings. The molecule has 0 radical (unpaired) electrons. The second-order valence-electron chi connectivity index (χ2n) is 2.18. The van der Waals surface area contributed by atoms with Gasteiger partial charge in [-0.25, -0.2) is 0 Å². The number of hydrogen-bond donors (Lipinski definition) is 1. The SMILES string of the molecule is CCC([NH3+])CC.F[B-](F)(F)F. The van der Waals surface area contributed by atoms with Crippen molar-refractivity contribution in [3.63, 3.8) is 0 Å². The fraction of sp³-hybridized carbons (Fsp3) is 1.00. The monoisotopic (exact) mass is 175 g/mol. The summed E-state index contributed by atoms with van der Waals surface area (Å²) in [4.78, 5) is 0. The van der Waals surface area contributed by atoms with Gasteiger partial charge in [0.1, 0.15) is 0 Å². The van der Waals surface area contributed by atoms with Crippen LogP contribution in [0.15, 0.2) is 0 Å².